The number of anilines is 1. The first-order valence-corrected chi connectivity index (χ1v) is 10.9. The van der Waals surface area contributed by atoms with Gasteiger partial charge in [0.1, 0.15) is 5.25 Å². The maximum absolute atomic E-state index is 13.2. The average molecular weight is 428 g/mol. The molecule has 0 spiro atoms. The molecule has 2 aromatic carbocycles. The number of benzene rings is 2. The van der Waals surface area contributed by atoms with Crippen LogP contribution in [-0.4, -0.2) is 26.0 Å². The first-order chi connectivity index (χ1) is 14.1. The van der Waals surface area contributed by atoms with Crippen LogP contribution in [0.1, 0.15) is 36.8 Å². The second kappa shape index (κ2) is 8.47. The number of hydrogen-bond acceptors (Lipinski definition) is 5. The molecule has 0 saturated heterocycles. The van der Waals surface area contributed by atoms with Crippen LogP contribution in [0.5, 0.6) is 0 Å². The van der Waals surface area contributed by atoms with Crippen LogP contribution in [0.2, 0.25) is 5.02 Å². The van der Waals surface area contributed by atoms with E-state index in [0.717, 1.165) is 24.2 Å². The van der Waals surface area contributed by atoms with Gasteiger partial charge in [-0.15, -0.1) is 10.2 Å². The SMILES string of the molecule is CCc1ccc(C2Nn3c(CC)nnc3SC2C(=O)Nc2ccccc2Cl)cc1. The highest BCUT2D eigenvalue weighted by molar-refractivity contribution is 8.00. The maximum atomic E-state index is 13.2. The molecule has 1 amide bonds. The summed E-state index contributed by atoms with van der Waals surface area (Å²) in [6.07, 6.45) is 1.72. The molecule has 6 nitrogen and oxygen atoms in total. The number of rotatable bonds is 5. The molecule has 0 radical (unpaired) electrons. The Hall–Kier alpha value is -2.51. The Morgan fingerprint density at radius 2 is 1.90 bits per heavy atom. The van der Waals surface area contributed by atoms with Gasteiger partial charge in [-0.05, 0) is 29.7 Å². The molecule has 0 fully saturated rings. The van der Waals surface area contributed by atoms with E-state index in [1.807, 2.05) is 23.7 Å². The van der Waals surface area contributed by atoms with Gasteiger partial charge in [0.05, 0.1) is 16.8 Å². The number of carbonyl (C=O) groups excluding carboxylic acids is 1. The van der Waals surface area contributed by atoms with E-state index in [0.29, 0.717) is 15.9 Å². The molecule has 0 saturated carbocycles. The first kappa shape index (κ1) is 19.8. The van der Waals surface area contributed by atoms with Crippen LogP contribution in [0, 0.1) is 0 Å². The van der Waals surface area contributed by atoms with E-state index >= 15 is 0 Å². The van der Waals surface area contributed by atoms with Gasteiger partial charge in [-0.1, -0.05) is 73.6 Å². The topological polar surface area (TPSA) is 71.8 Å². The Balaban J connectivity index is 1.68. The third-order valence-electron chi connectivity index (χ3n) is 4.96. The second-order valence-corrected chi connectivity index (χ2v) is 8.31. The molecule has 29 heavy (non-hydrogen) atoms. The molecule has 2 unspecified atom stereocenters. The first-order valence-electron chi connectivity index (χ1n) is 9.62. The van der Waals surface area contributed by atoms with E-state index in [9.17, 15) is 4.79 Å². The lowest BCUT2D eigenvalue weighted by atomic mass is 10.0. The molecule has 1 aliphatic heterocycles. The number of nitrogens with one attached hydrogen (secondary N) is 2. The molecule has 1 aromatic heterocycles. The van der Waals surface area contributed by atoms with Crippen molar-refractivity contribution in [3.05, 3.63) is 70.5 Å². The van der Waals surface area contributed by atoms with Gasteiger partial charge in [0, 0.05) is 6.42 Å². The van der Waals surface area contributed by atoms with Crippen molar-refractivity contribution in [1.29, 1.82) is 0 Å². The summed E-state index contributed by atoms with van der Waals surface area (Å²) in [4.78, 5) is 13.2. The second-order valence-electron chi connectivity index (χ2n) is 6.80. The maximum Gasteiger partial charge on any atom is 0.240 e. The van der Waals surface area contributed by atoms with E-state index in [4.69, 9.17) is 11.6 Å². The summed E-state index contributed by atoms with van der Waals surface area (Å²) >= 11 is 7.64. The van der Waals surface area contributed by atoms with E-state index < -0.39 is 5.25 Å². The summed E-state index contributed by atoms with van der Waals surface area (Å²) in [6, 6.07) is 15.4. The molecule has 150 valence electrons. The number of nitrogens with zero attached hydrogens (tertiary/aromatic N) is 3. The Labute approximate surface area is 179 Å². The number of thioether (sulfide) groups is 1. The van der Waals surface area contributed by atoms with Gasteiger partial charge in [0.15, 0.2) is 5.82 Å². The average Bonchev–Trinajstić information content (AvgIpc) is 3.16. The summed E-state index contributed by atoms with van der Waals surface area (Å²) in [7, 11) is 0. The standard InChI is InChI=1S/C21H22ClN5OS/c1-3-13-9-11-14(12-10-13)18-19(20(28)23-16-8-6-5-7-15(16)22)29-21-25-24-17(4-2)27(21)26-18/h5-12,18-19,26H,3-4H2,1-2H3,(H,23,28). The normalized spacial score (nSPS) is 18.0. The van der Waals surface area contributed by atoms with Crippen molar-refractivity contribution in [2.24, 2.45) is 0 Å². The van der Waals surface area contributed by atoms with E-state index in [-0.39, 0.29) is 11.9 Å². The quantitative estimate of drug-likeness (QED) is 0.629. The highest BCUT2D eigenvalue weighted by Crippen LogP contribution is 2.38. The third-order valence-corrected chi connectivity index (χ3v) is 6.50. The zero-order chi connectivity index (χ0) is 20.4. The van der Waals surface area contributed by atoms with Crippen molar-refractivity contribution >= 4 is 35.0 Å². The molecule has 2 N–H and O–H groups in total. The Bertz CT molecular complexity index is 1020. The zero-order valence-corrected chi connectivity index (χ0v) is 17.8. The molecule has 3 aromatic rings. The molecule has 2 atom stereocenters. The summed E-state index contributed by atoms with van der Waals surface area (Å²) in [6.45, 7) is 4.16. The van der Waals surface area contributed by atoms with Crippen LogP contribution in [0.4, 0.5) is 5.69 Å². The summed E-state index contributed by atoms with van der Waals surface area (Å²) in [5.74, 6) is 0.708. The lowest BCUT2D eigenvalue weighted by Crippen LogP contribution is -2.41. The smallest absolute Gasteiger partial charge is 0.240 e. The fraction of sp³-hybridized carbons (Fsp3) is 0.286. The van der Waals surface area contributed by atoms with Gasteiger partial charge in [-0.3, -0.25) is 4.79 Å². The number of aromatic nitrogens is 3. The highest BCUT2D eigenvalue weighted by atomic mass is 35.5. The summed E-state index contributed by atoms with van der Waals surface area (Å²) in [5, 5.41) is 12.2. The minimum absolute atomic E-state index is 0.132. The van der Waals surface area contributed by atoms with Gasteiger partial charge in [0.25, 0.3) is 0 Å². The van der Waals surface area contributed by atoms with Gasteiger partial charge in [-0.25, -0.2) is 4.68 Å². The van der Waals surface area contributed by atoms with E-state index in [1.165, 1.54) is 17.3 Å². The van der Waals surface area contributed by atoms with Crippen molar-refractivity contribution in [1.82, 2.24) is 14.9 Å². The number of fused-ring (bicyclic) bond motifs is 1. The van der Waals surface area contributed by atoms with E-state index in [1.54, 1.807) is 12.1 Å². The number of halogens is 1. The van der Waals surface area contributed by atoms with Crippen LogP contribution in [0.25, 0.3) is 0 Å². The van der Waals surface area contributed by atoms with Crippen LogP contribution >= 0.6 is 23.4 Å². The van der Waals surface area contributed by atoms with Gasteiger partial charge in [-0.2, -0.15) is 0 Å². The molecule has 0 aliphatic carbocycles. The lowest BCUT2D eigenvalue weighted by Gasteiger charge is -2.33. The zero-order valence-electron chi connectivity index (χ0n) is 16.2. The number of para-hydroxylation sites is 1. The molecule has 4 rings (SSSR count). The van der Waals surface area contributed by atoms with Crippen LogP contribution in [0.15, 0.2) is 53.7 Å². The Kier molecular flexibility index (Phi) is 5.78. The molecule has 0 bridgehead atoms. The number of aryl methyl sites for hydroxylation is 2. The lowest BCUT2D eigenvalue weighted by molar-refractivity contribution is -0.116. The molecular formula is C21H22ClN5OS. The molecule has 1 aliphatic rings. The highest BCUT2D eigenvalue weighted by Gasteiger charge is 2.37. The fourth-order valence-electron chi connectivity index (χ4n) is 3.30. The van der Waals surface area contributed by atoms with Gasteiger partial charge >= 0.3 is 0 Å². The Morgan fingerprint density at radius 1 is 1.14 bits per heavy atom. The predicted octanol–water partition coefficient (Wildman–Crippen LogP) is 4.45. The van der Waals surface area contributed by atoms with Crippen LogP contribution < -0.4 is 10.7 Å². The molecular weight excluding hydrogens is 406 g/mol. The number of carbonyl (C=O) groups is 1. The molecule has 8 heteroatoms. The van der Waals surface area contributed by atoms with Gasteiger partial charge in [0.2, 0.25) is 11.1 Å². The van der Waals surface area contributed by atoms with E-state index in [2.05, 4.69) is 52.1 Å². The number of hydrogen-bond donors (Lipinski definition) is 2. The largest absolute Gasteiger partial charge is 0.324 e. The van der Waals surface area contributed by atoms with Crippen molar-refractivity contribution in [2.75, 3.05) is 10.7 Å². The monoisotopic (exact) mass is 427 g/mol. The number of amides is 1. The van der Waals surface area contributed by atoms with Crippen molar-refractivity contribution in [2.45, 2.75) is 43.1 Å². The van der Waals surface area contributed by atoms with Crippen molar-refractivity contribution in [3.8, 4) is 0 Å². The molecule has 2 heterocycles. The van der Waals surface area contributed by atoms with Crippen molar-refractivity contribution in [3.63, 3.8) is 0 Å². The van der Waals surface area contributed by atoms with Crippen LogP contribution in [-0.2, 0) is 17.6 Å². The van der Waals surface area contributed by atoms with Crippen LogP contribution in [0.3, 0.4) is 0 Å². The van der Waals surface area contributed by atoms with Crippen molar-refractivity contribution < 1.29 is 4.79 Å². The summed E-state index contributed by atoms with van der Waals surface area (Å²) < 4.78 is 1.89. The van der Waals surface area contributed by atoms with Gasteiger partial charge < -0.3 is 10.7 Å². The fourth-order valence-corrected chi connectivity index (χ4v) is 4.59. The minimum atomic E-state index is -0.430. The summed E-state index contributed by atoms with van der Waals surface area (Å²) in [5.41, 5.74) is 6.35. The third kappa shape index (κ3) is 3.97. The predicted molar refractivity (Wildman–Crippen MR) is 117 cm³/mol. The Morgan fingerprint density at radius 3 is 2.59 bits per heavy atom. The minimum Gasteiger partial charge on any atom is -0.324 e.